The first-order chi connectivity index (χ1) is 12.9. The fraction of sp³-hybridized carbons (Fsp3) is 0.750. The molecule has 2 saturated heterocycles. The predicted octanol–water partition coefficient (Wildman–Crippen LogP) is 1.17. The van der Waals surface area contributed by atoms with Crippen LogP contribution in [0.2, 0.25) is 0 Å². The molecule has 4 aliphatic rings. The molecule has 1 aromatic heterocycles. The Labute approximate surface area is 157 Å². The van der Waals surface area contributed by atoms with Gasteiger partial charge < -0.3 is 29.2 Å². The van der Waals surface area contributed by atoms with Crippen molar-refractivity contribution < 1.29 is 34.0 Å². The lowest BCUT2D eigenvalue weighted by molar-refractivity contribution is -0.382. The summed E-state index contributed by atoms with van der Waals surface area (Å²) in [6, 6.07) is 1.80. The van der Waals surface area contributed by atoms with Crippen molar-refractivity contribution in [1.29, 1.82) is 0 Å². The van der Waals surface area contributed by atoms with E-state index < -0.39 is 34.7 Å². The number of carbonyl (C=O) groups is 1. The van der Waals surface area contributed by atoms with Crippen molar-refractivity contribution >= 4 is 5.97 Å². The van der Waals surface area contributed by atoms with Crippen LogP contribution in [0.5, 0.6) is 0 Å². The van der Waals surface area contributed by atoms with Crippen molar-refractivity contribution in [2.45, 2.75) is 56.5 Å². The number of cyclic esters (lactones) is 1. The van der Waals surface area contributed by atoms with Gasteiger partial charge in [0.2, 0.25) is 0 Å². The third-order valence-electron chi connectivity index (χ3n) is 8.13. The van der Waals surface area contributed by atoms with E-state index in [-0.39, 0.29) is 30.8 Å². The Morgan fingerprint density at radius 3 is 2.70 bits per heavy atom. The third-order valence-corrected chi connectivity index (χ3v) is 8.13. The molecule has 0 amide bonds. The van der Waals surface area contributed by atoms with Crippen LogP contribution in [-0.4, -0.2) is 52.3 Å². The molecule has 4 fully saturated rings. The van der Waals surface area contributed by atoms with Gasteiger partial charge in [0, 0.05) is 18.4 Å². The van der Waals surface area contributed by atoms with Gasteiger partial charge in [-0.15, -0.1) is 0 Å². The number of ether oxygens (including phenoxy) is 2. The summed E-state index contributed by atoms with van der Waals surface area (Å²) in [7, 11) is 0. The fourth-order valence-corrected chi connectivity index (χ4v) is 6.72. The van der Waals surface area contributed by atoms with Crippen LogP contribution in [0.15, 0.2) is 23.0 Å². The lowest BCUT2D eigenvalue weighted by Gasteiger charge is -2.71. The summed E-state index contributed by atoms with van der Waals surface area (Å²) in [4.78, 5) is 13.3. The highest BCUT2D eigenvalue weighted by Crippen LogP contribution is 2.71. The molecule has 2 saturated carbocycles. The molecule has 2 aliphatic carbocycles. The quantitative estimate of drug-likeness (QED) is 0.663. The van der Waals surface area contributed by atoms with Gasteiger partial charge in [-0.05, 0) is 30.7 Å². The first-order valence-electron chi connectivity index (χ1n) is 9.74. The van der Waals surface area contributed by atoms with Crippen molar-refractivity contribution in [2.24, 2.45) is 22.7 Å². The van der Waals surface area contributed by atoms with Crippen LogP contribution in [0.1, 0.15) is 44.3 Å². The van der Waals surface area contributed by atoms with E-state index in [1.165, 1.54) is 0 Å². The summed E-state index contributed by atoms with van der Waals surface area (Å²) in [5, 5.41) is 31.8. The second-order valence-corrected chi connectivity index (χ2v) is 8.98. The number of aliphatic hydroxyl groups is 3. The van der Waals surface area contributed by atoms with Gasteiger partial charge >= 0.3 is 5.97 Å². The molecule has 1 aromatic rings. The van der Waals surface area contributed by atoms with E-state index in [1.54, 1.807) is 18.6 Å². The first kappa shape index (κ1) is 17.7. The van der Waals surface area contributed by atoms with Crippen LogP contribution in [0.25, 0.3) is 0 Å². The molecule has 5 rings (SSSR count). The molecule has 0 bridgehead atoms. The number of aliphatic hydroxyl groups excluding tert-OH is 3. The van der Waals surface area contributed by atoms with E-state index in [0.29, 0.717) is 25.9 Å². The van der Waals surface area contributed by atoms with Gasteiger partial charge in [0.05, 0.1) is 48.8 Å². The van der Waals surface area contributed by atoms with Gasteiger partial charge in [-0.25, -0.2) is 0 Å². The monoisotopic (exact) mass is 378 g/mol. The summed E-state index contributed by atoms with van der Waals surface area (Å²) < 4.78 is 16.8. The largest absolute Gasteiger partial charge is 0.472 e. The molecule has 0 radical (unpaired) electrons. The maximum atomic E-state index is 13.3. The lowest BCUT2D eigenvalue weighted by atomic mass is 9.39. The minimum Gasteiger partial charge on any atom is -0.472 e. The molecule has 0 unspecified atom stereocenters. The van der Waals surface area contributed by atoms with Crippen molar-refractivity contribution in [3.05, 3.63) is 24.2 Å². The predicted molar refractivity (Wildman–Crippen MR) is 91.3 cm³/mol. The fourth-order valence-electron chi connectivity index (χ4n) is 6.72. The SMILES string of the molecule is C[C@@H]1C[C@@H](O)[C@@]23CO[C@]2(CO)C[C@@H](O)C[C@H]3[C@@]12C[C@H](c1ccoc1)OC2=O. The second-order valence-electron chi connectivity index (χ2n) is 8.98. The minimum atomic E-state index is -0.990. The zero-order valence-electron chi connectivity index (χ0n) is 15.3. The summed E-state index contributed by atoms with van der Waals surface area (Å²) in [5.74, 6) is -0.682. The normalized spacial score (nSPS) is 51.4. The van der Waals surface area contributed by atoms with Crippen LogP contribution in [0.4, 0.5) is 0 Å². The van der Waals surface area contributed by atoms with Gasteiger partial charge in [-0.2, -0.15) is 0 Å². The molecular formula is C20H26O7. The highest BCUT2D eigenvalue weighted by atomic mass is 16.6. The Hall–Kier alpha value is -1.41. The van der Waals surface area contributed by atoms with Crippen molar-refractivity contribution in [1.82, 2.24) is 0 Å². The molecule has 3 N–H and O–H groups in total. The Kier molecular flexibility index (Phi) is 3.64. The van der Waals surface area contributed by atoms with Crippen LogP contribution < -0.4 is 0 Å². The number of hydrogen-bond donors (Lipinski definition) is 3. The van der Waals surface area contributed by atoms with Gasteiger partial charge in [0.25, 0.3) is 0 Å². The van der Waals surface area contributed by atoms with E-state index in [2.05, 4.69) is 0 Å². The highest BCUT2D eigenvalue weighted by molar-refractivity contribution is 5.81. The van der Waals surface area contributed by atoms with Crippen molar-refractivity contribution in [3.8, 4) is 0 Å². The molecule has 148 valence electrons. The van der Waals surface area contributed by atoms with Crippen LogP contribution in [0, 0.1) is 22.7 Å². The maximum Gasteiger partial charge on any atom is 0.313 e. The van der Waals surface area contributed by atoms with E-state index >= 15 is 0 Å². The van der Waals surface area contributed by atoms with E-state index in [0.717, 1.165) is 5.56 Å². The molecule has 0 aromatic carbocycles. The maximum absolute atomic E-state index is 13.3. The summed E-state index contributed by atoms with van der Waals surface area (Å²) >= 11 is 0. The smallest absolute Gasteiger partial charge is 0.313 e. The highest BCUT2D eigenvalue weighted by Gasteiger charge is 2.78. The molecule has 8 atom stereocenters. The van der Waals surface area contributed by atoms with Gasteiger partial charge in [0.1, 0.15) is 11.7 Å². The topological polar surface area (TPSA) is 109 Å². The number of carbonyl (C=O) groups excluding carboxylic acids is 1. The number of rotatable bonds is 2. The van der Waals surface area contributed by atoms with E-state index in [4.69, 9.17) is 13.9 Å². The third kappa shape index (κ3) is 1.93. The zero-order valence-corrected chi connectivity index (χ0v) is 15.3. The van der Waals surface area contributed by atoms with E-state index in [9.17, 15) is 20.1 Å². The van der Waals surface area contributed by atoms with Gasteiger partial charge in [0.15, 0.2) is 0 Å². The Morgan fingerprint density at radius 2 is 2.07 bits per heavy atom. The number of furan rings is 1. The standard InChI is InChI=1S/C20H26O7/c1-11-4-16(23)20-10-26-18(20,9-21)6-13(22)5-15(20)19(11)7-14(27-17(19)24)12-2-3-25-8-12/h2-3,8,11,13-16,21-23H,4-7,9-10H2,1H3/t11-,13+,14-,15+,16-,18+,19-,20+/m1/s1. The molecule has 2 aliphatic heterocycles. The zero-order chi connectivity index (χ0) is 19.0. The van der Waals surface area contributed by atoms with Gasteiger partial charge in [-0.3, -0.25) is 4.79 Å². The first-order valence-corrected chi connectivity index (χ1v) is 9.74. The summed E-state index contributed by atoms with van der Waals surface area (Å²) in [6.45, 7) is 2.00. The van der Waals surface area contributed by atoms with Crippen LogP contribution in [0.3, 0.4) is 0 Å². The molecular weight excluding hydrogens is 352 g/mol. The number of hydrogen-bond acceptors (Lipinski definition) is 7. The van der Waals surface area contributed by atoms with Crippen LogP contribution >= 0.6 is 0 Å². The average Bonchev–Trinajstić information content (AvgIpc) is 3.24. The molecule has 27 heavy (non-hydrogen) atoms. The second kappa shape index (κ2) is 5.56. The molecule has 7 heteroatoms. The van der Waals surface area contributed by atoms with Gasteiger partial charge in [-0.1, -0.05) is 6.92 Å². The summed E-state index contributed by atoms with van der Waals surface area (Å²) in [6.07, 6.45) is 3.00. The van der Waals surface area contributed by atoms with Crippen molar-refractivity contribution in [2.75, 3.05) is 13.2 Å². The minimum absolute atomic E-state index is 0.102. The van der Waals surface area contributed by atoms with E-state index in [1.807, 2.05) is 6.92 Å². The summed E-state index contributed by atoms with van der Waals surface area (Å²) in [5.41, 5.74) is -1.71. The number of esters is 1. The Bertz CT molecular complexity index is 744. The van der Waals surface area contributed by atoms with Crippen LogP contribution in [-0.2, 0) is 14.3 Å². The lowest BCUT2D eigenvalue weighted by Crippen LogP contribution is -2.80. The molecule has 7 nitrogen and oxygen atoms in total. The van der Waals surface area contributed by atoms with Crippen molar-refractivity contribution in [3.63, 3.8) is 0 Å². The Balaban J connectivity index is 1.61. The average molecular weight is 378 g/mol. The Morgan fingerprint density at radius 1 is 1.26 bits per heavy atom. The molecule has 2 spiro atoms. The number of fused-ring (bicyclic) bond motifs is 1. The molecule has 3 heterocycles.